The number of benzene rings is 3. The molecule has 0 saturated carbocycles. The first-order chi connectivity index (χ1) is 19.6. The van der Waals surface area contributed by atoms with Crippen LogP contribution >= 0.6 is 11.6 Å². The van der Waals surface area contributed by atoms with E-state index in [1.54, 1.807) is 37.4 Å². The minimum absolute atomic E-state index is 0.0385. The maximum Gasteiger partial charge on any atom is 0.416 e. The lowest BCUT2D eigenvalue weighted by atomic mass is 10.0. The zero-order chi connectivity index (χ0) is 30.8. The van der Waals surface area contributed by atoms with Crippen LogP contribution in [-0.2, 0) is 23.6 Å². The van der Waals surface area contributed by atoms with Crippen LogP contribution in [0.4, 0.5) is 32.0 Å². The molecule has 1 heterocycles. The molecule has 2 N–H and O–H groups in total. The lowest BCUT2D eigenvalue weighted by Gasteiger charge is -2.27. The van der Waals surface area contributed by atoms with E-state index in [-0.39, 0.29) is 12.5 Å². The molecule has 0 fully saturated rings. The zero-order valence-electron chi connectivity index (χ0n) is 22.2. The minimum atomic E-state index is -5.11. The van der Waals surface area contributed by atoms with Gasteiger partial charge in [-0.2, -0.15) is 26.3 Å². The van der Waals surface area contributed by atoms with Gasteiger partial charge < -0.3 is 15.2 Å². The number of H-pyrrole nitrogens is 1. The van der Waals surface area contributed by atoms with Gasteiger partial charge in [0.25, 0.3) is 5.91 Å². The largest absolute Gasteiger partial charge is 0.416 e. The summed E-state index contributed by atoms with van der Waals surface area (Å²) in [6, 6.07) is 11.9. The second kappa shape index (κ2) is 11.9. The number of halogens is 7. The SMILES string of the molecule is Cc1cc(Cl)ccc1NC(=O)C=CC(Cc1c[nH]c2ccccc12)N(C)C(=O)c1cc(C(F)(F)F)cc(C(F)(F)F)c1. The maximum absolute atomic E-state index is 13.4. The van der Waals surface area contributed by atoms with Gasteiger partial charge in [0.1, 0.15) is 0 Å². The van der Waals surface area contributed by atoms with Crippen LogP contribution in [0.2, 0.25) is 5.02 Å². The van der Waals surface area contributed by atoms with Crippen molar-refractivity contribution < 1.29 is 35.9 Å². The highest BCUT2D eigenvalue weighted by Gasteiger charge is 2.38. The van der Waals surface area contributed by atoms with Crippen LogP contribution in [0.1, 0.15) is 32.6 Å². The molecule has 4 aromatic rings. The van der Waals surface area contributed by atoms with Crippen molar-refractivity contribution in [3.63, 3.8) is 0 Å². The molecule has 0 bridgehead atoms. The van der Waals surface area contributed by atoms with Crippen molar-refractivity contribution >= 4 is 40.0 Å². The third-order valence-corrected chi connectivity index (χ3v) is 6.91. The number of carbonyl (C=O) groups is 2. The fourth-order valence-electron chi connectivity index (χ4n) is 4.43. The minimum Gasteiger partial charge on any atom is -0.361 e. The van der Waals surface area contributed by atoms with Gasteiger partial charge in [-0.1, -0.05) is 35.9 Å². The Bertz CT molecular complexity index is 1630. The molecule has 0 radical (unpaired) electrons. The van der Waals surface area contributed by atoms with E-state index < -0.39 is 46.9 Å². The fourth-order valence-corrected chi connectivity index (χ4v) is 4.66. The Balaban J connectivity index is 1.69. The van der Waals surface area contributed by atoms with Gasteiger partial charge in [0.2, 0.25) is 5.91 Å². The number of rotatable bonds is 7. The van der Waals surface area contributed by atoms with Crippen molar-refractivity contribution in [2.75, 3.05) is 12.4 Å². The summed E-state index contributed by atoms with van der Waals surface area (Å²) in [5.74, 6) is -1.65. The molecule has 4 rings (SSSR count). The molecule has 0 aliphatic rings. The standard InChI is InChI=1S/C30H24ClF6N3O2/c1-17-11-22(31)7-9-25(17)39-27(41)10-8-23(14-19-16-38-26-6-4-3-5-24(19)26)40(2)28(42)18-12-20(29(32,33)34)15-21(13-18)30(35,36)37/h3-13,15-16,23,38H,14H2,1-2H3,(H,39,41). The Hall–Kier alpha value is -4.25. The molecule has 0 spiro atoms. The predicted octanol–water partition coefficient (Wildman–Crippen LogP) is 8.05. The summed E-state index contributed by atoms with van der Waals surface area (Å²) >= 11 is 5.96. The molecule has 0 aliphatic heterocycles. The van der Waals surface area contributed by atoms with Crippen molar-refractivity contribution in [2.24, 2.45) is 0 Å². The van der Waals surface area contributed by atoms with E-state index in [0.717, 1.165) is 21.9 Å². The van der Waals surface area contributed by atoms with Crippen molar-refractivity contribution in [3.05, 3.63) is 112 Å². The second-order valence-electron chi connectivity index (χ2n) is 9.65. The van der Waals surface area contributed by atoms with Crippen LogP contribution in [0.5, 0.6) is 0 Å². The van der Waals surface area contributed by atoms with Gasteiger partial charge in [-0.3, -0.25) is 9.59 Å². The zero-order valence-corrected chi connectivity index (χ0v) is 23.0. The highest BCUT2D eigenvalue weighted by molar-refractivity contribution is 6.30. The van der Waals surface area contributed by atoms with E-state index in [1.165, 1.54) is 13.1 Å². The molecular formula is C30H24ClF6N3O2. The Morgan fingerprint density at radius 1 is 0.976 bits per heavy atom. The first kappa shape index (κ1) is 30.7. The first-order valence-corrected chi connectivity index (χ1v) is 12.9. The maximum atomic E-state index is 13.4. The van der Waals surface area contributed by atoms with E-state index in [0.29, 0.717) is 34.0 Å². The lowest BCUT2D eigenvalue weighted by molar-refractivity contribution is -0.143. The average molecular weight is 608 g/mol. The van der Waals surface area contributed by atoms with Gasteiger partial charge in [-0.25, -0.2) is 0 Å². The van der Waals surface area contributed by atoms with Crippen molar-refractivity contribution in [2.45, 2.75) is 31.7 Å². The number of hydrogen-bond donors (Lipinski definition) is 2. The van der Waals surface area contributed by atoms with Crippen LogP contribution in [0.25, 0.3) is 10.9 Å². The number of hydrogen-bond acceptors (Lipinski definition) is 2. The highest BCUT2D eigenvalue weighted by Crippen LogP contribution is 2.36. The Morgan fingerprint density at radius 3 is 2.24 bits per heavy atom. The van der Waals surface area contributed by atoms with Crippen LogP contribution in [-0.4, -0.2) is 34.8 Å². The van der Waals surface area contributed by atoms with Crippen LogP contribution in [0, 0.1) is 6.92 Å². The number of likely N-dealkylation sites (N-methyl/N-ethyl adjacent to an activating group) is 1. The Kier molecular flexibility index (Phi) is 8.72. The molecule has 0 saturated heterocycles. The van der Waals surface area contributed by atoms with Crippen molar-refractivity contribution in [3.8, 4) is 0 Å². The Labute approximate surface area is 241 Å². The molecule has 1 unspecified atom stereocenters. The Morgan fingerprint density at radius 2 is 1.62 bits per heavy atom. The number of nitrogens with one attached hydrogen (secondary N) is 2. The molecule has 1 aromatic heterocycles. The van der Waals surface area contributed by atoms with Gasteiger partial charge in [0.05, 0.1) is 17.2 Å². The molecule has 42 heavy (non-hydrogen) atoms. The highest BCUT2D eigenvalue weighted by atomic mass is 35.5. The smallest absolute Gasteiger partial charge is 0.361 e. The number of fused-ring (bicyclic) bond motifs is 1. The summed E-state index contributed by atoms with van der Waals surface area (Å²) in [5.41, 5.74) is -1.32. The number of para-hydroxylation sites is 1. The summed E-state index contributed by atoms with van der Waals surface area (Å²) < 4.78 is 80.6. The van der Waals surface area contributed by atoms with Gasteiger partial charge in [-0.05, 0) is 66.9 Å². The van der Waals surface area contributed by atoms with Crippen LogP contribution in [0.15, 0.2) is 79.0 Å². The average Bonchev–Trinajstić information content (AvgIpc) is 3.33. The number of aromatic nitrogens is 1. The molecule has 2 amide bonds. The topological polar surface area (TPSA) is 65.2 Å². The number of amides is 2. The van der Waals surface area contributed by atoms with Crippen molar-refractivity contribution in [1.29, 1.82) is 0 Å². The fraction of sp³-hybridized carbons (Fsp3) is 0.200. The number of alkyl halides is 6. The third kappa shape index (κ3) is 7.14. The van der Waals surface area contributed by atoms with Gasteiger partial charge in [-0.15, -0.1) is 0 Å². The van der Waals surface area contributed by atoms with E-state index in [4.69, 9.17) is 11.6 Å². The lowest BCUT2D eigenvalue weighted by Crippen LogP contribution is -2.37. The number of nitrogens with zero attached hydrogens (tertiary/aromatic N) is 1. The molecule has 1 atom stereocenters. The summed E-state index contributed by atoms with van der Waals surface area (Å²) in [6.07, 6.45) is -5.91. The molecular weight excluding hydrogens is 584 g/mol. The monoisotopic (exact) mass is 607 g/mol. The molecule has 12 heteroatoms. The predicted molar refractivity (Wildman–Crippen MR) is 148 cm³/mol. The van der Waals surface area contributed by atoms with Gasteiger partial charge >= 0.3 is 12.4 Å². The van der Waals surface area contributed by atoms with Crippen molar-refractivity contribution in [1.82, 2.24) is 9.88 Å². The molecule has 3 aromatic carbocycles. The van der Waals surface area contributed by atoms with E-state index in [1.807, 2.05) is 18.2 Å². The first-order valence-electron chi connectivity index (χ1n) is 12.5. The quantitative estimate of drug-likeness (QED) is 0.165. The van der Waals surface area contributed by atoms with Crippen LogP contribution in [0.3, 0.4) is 0 Å². The third-order valence-electron chi connectivity index (χ3n) is 6.67. The summed E-state index contributed by atoms with van der Waals surface area (Å²) in [7, 11) is 1.25. The van der Waals surface area contributed by atoms with E-state index >= 15 is 0 Å². The summed E-state index contributed by atoms with van der Waals surface area (Å²) in [6.45, 7) is 1.74. The van der Waals surface area contributed by atoms with Gasteiger partial charge in [0.15, 0.2) is 0 Å². The van der Waals surface area contributed by atoms with E-state index in [9.17, 15) is 35.9 Å². The normalized spacial score (nSPS) is 13.0. The number of anilines is 1. The summed E-state index contributed by atoms with van der Waals surface area (Å²) in [5, 5.41) is 3.96. The van der Waals surface area contributed by atoms with E-state index in [2.05, 4.69) is 10.3 Å². The van der Waals surface area contributed by atoms with Gasteiger partial charge in [0, 0.05) is 46.5 Å². The number of aryl methyl sites for hydroxylation is 1. The number of aromatic amines is 1. The molecule has 220 valence electrons. The summed E-state index contributed by atoms with van der Waals surface area (Å²) in [4.78, 5) is 30.2. The second-order valence-corrected chi connectivity index (χ2v) is 10.1. The van der Waals surface area contributed by atoms with Crippen LogP contribution < -0.4 is 5.32 Å². The molecule has 0 aliphatic carbocycles. The molecule has 5 nitrogen and oxygen atoms in total. The number of carbonyl (C=O) groups excluding carboxylic acids is 2.